The van der Waals surface area contributed by atoms with Crippen LogP contribution in [0, 0.1) is 11.8 Å². The smallest absolute Gasteiger partial charge is 0.247 e. The lowest BCUT2D eigenvalue weighted by molar-refractivity contribution is -0.130. The largest absolute Gasteiger partial charge is 0.495 e. The number of sulfonamides is 1. The number of hydrogen-bond donors (Lipinski definition) is 4. The van der Waals surface area contributed by atoms with Crippen LogP contribution in [0.1, 0.15) is 31.2 Å². The number of anilines is 1. The number of carbonyl (C=O) groups excluding carboxylic acids is 2. The molecule has 2 fully saturated rings. The molecule has 1 atom stereocenters. The first-order valence-electron chi connectivity index (χ1n) is 16.8. The number of carbonyl (C=O) groups is 2. The highest BCUT2D eigenvalue weighted by Gasteiger charge is 2.31. The lowest BCUT2D eigenvalue weighted by Gasteiger charge is -2.28. The number of nitrogens with one attached hydrogen (secondary N) is 3. The Morgan fingerprint density at radius 3 is 2.30 bits per heavy atom. The molecule has 1 aliphatic heterocycles. The number of morpholine rings is 1. The van der Waals surface area contributed by atoms with Crippen molar-refractivity contribution in [1.82, 2.24) is 30.2 Å². The van der Waals surface area contributed by atoms with Crippen LogP contribution in [0.4, 0.5) is 5.69 Å². The fourth-order valence-electron chi connectivity index (χ4n) is 6.43. The van der Waals surface area contributed by atoms with Crippen LogP contribution in [0.25, 0.3) is 22.5 Å². The average Bonchev–Trinajstić information content (AvgIpc) is 3.71. The van der Waals surface area contributed by atoms with Gasteiger partial charge in [0.25, 0.3) is 0 Å². The van der Waals surface area contributed by atoms with Gasteiger partial charge in [0.1, 0.15) is 16.7 Å². The fourth-order valence-corrected chi connectivity index (χ4v) is 8.02. The Kier molecular flexibility index (Phi) is 11.2. The molecule has 0 bridgehead atoms. The van der Waals surface area contributed by atoms with Crippen LogP contribution < -0.4 is 21.1 Å². The Bertz CT molecular complexity index is 1860. The van der Waals surface area contributed by atoms with Gasteiger partial charge >= 0.3 is 0 Å². The Morgan fingerprint density at radius 1 is 0.980 bits per heavy atom. The highest BCUT2D eigenvalue weighted by atomic mass is 32.2. The van der Waals surface area contributed by atoms with E-state index >= 15 is 0 Å². The third-order valence-electron chi connectivity index (χ3n) is 9.42. The number of hydrogen-bond acceptors (Lipinski definition) is 10. The summed E-state index contributed by atoms with van der Waals surface area (Å²) in [5, 5.41) is 19.9. The Balaban J connectivity index is 1.20. The van der Waals surface area contributed by atoms with Crippen molar-refractivity contribution in [2.75, 3.05) is 45.3 Å². The normalized spacial score (nSPS) is 19.0. The number of ether oxygens (including phenoxy) is 2. The first-order valence-corrected chi connectivity index (χ1v) is 18.2. The van der Waals surface area contributed by atoms with Crippen molar-refractivity contribution in [2.45, 2.75) is 43.0 Å². The van der Waals surface area contributed by atoms with E-state index in [0.717, 1.165) is 42.4 Å². The third-order valence-corrected chi connectivity index (χ3v) is 11.3. The molecular formula is C35H42N8O6S. The molecule has 5 N–H and O–H groups in total. The number of nitrogens with two attached hydrogens (primary N) is 1. The number of H-pyrrole nitrogens is 1. The zero-order valence-corrected chi connectivity index (χ0v) is 28.7. The number of methoxy groups -OCH3 is 1. The molecule has 4 aromatic rings. The Labute approximate surface area is 291 Å². The van der Waals surface area contributed by atoms with Gasteiger partial charge in [-0.25, -0.2) is 8.42 Å². The Morgan fingerprint density at radius 2 is 1.66 bits per heavy atom. The maximum Gasteiger partial charge on any atom is 0.247 e. The molecule has 1 unspecified atom stereocenters. The molecule has 50 heavy (non-hydrogen) atoms. The predicted molar refractivity (Wildman–Crippen MR) is 186 cm³/mol. The summed E-state index contributed by atoms with van der Waals surface area (Å²) < 4.78 is 39.2. The molecule has 2 aliphatic rings. The van der Waals surface area contributed by atoms with Crippen molar-refractivity contribution in [2.24, 2.45) is 17.6 Å². The van der Waals surface area contributed by atoms with Crippen molar-refractivity contribution in [3.8, 4) is 28.3 Å². The van der Waals surface area contributed by atoms with Gasteiger partial charge in [-0.05, 0) is 96.4 Å². The number of rotatable bonds is 12. The maximum absolute atomic E-state index is 13.7. The van der Waals surface area contributed by atoms with Gasteiger partial charge < -0.3 is 25.8 Å². The molecule has 0 spiro atoms. The summed E-state index contributed by atoms with van der Waals surface area (Å²) in [6.07, 6.45) is 3.50. The summed E-state index contributed by atoms with van der Waals surface area (Å²) in [6.45, 7) is 1.84. The Hall–Kier alpha value is -4.70. The summed E-state index contributed by atoms with van der Waals surface area (Å²) in [7, 11) is -2.36. The summed E-state index contributed by atoms with van der Waals surface area (Å²) in [5.41, 5.74) is 9.46. The maximum atomic E-state index is 13.7. The molecule has 2 amide bonds. The van der Waals surface area contributed by atoms with E-state index in [0.29, 0.717) is 42.8 Å². The minimum absolute atomic E-state index is 0.0914. The molecule has 2 heterocycles. The van der Waals surface area contributed by atoms with Gasteiger partial charge in [-0.2, -0.15) is 9.52 Å². The van der Waals surface area contributed by atoms with Gasteiger partial charge in [-0.3, -0.25) is 9.59 Å². The molecule has 1 saturated carbocycles. The summed E-state index contributed by atoms with van der Waals surface area (Å²) in [6, 6.07) is 18.8. The molecule has 1 aromatic heterocycles. The summed E-state index contributed by atoms with van der Waals surface area (Å²) in [5.74, 6) is 0.458. The quantitative estimate of drug-likeness (QED) is 0.171. The van der Waals surface area contributed by atoms with E-state index in [-0.39, 0.29) is 47.9 Å². The molecular weight excluding hydrogens is 661 g/mol. The second-order valence-corrected chi connectivity index (χ2v) is 14.5. The lowest BCUT2D eigenvalue weighted by Crippen LogP contribution is -2.48. The highest BCUT2D eigenvalue weighted by molar-refractivity contribution is 7.89. The summed E-state index contributed by atoms with van der Waals surface area (Å²) in [4.78, 5) is 27.2. The molecule has 1 aliphatic carbocycles. The molecule has 15 heteroatoms. The number of aromatic amines is 1. The first kappa shape index (κ1) is 35.1. The minimum Gasteiger partial charge on any atom is -0.495 e. The topological polar surface area (TPSA) is 195 Å². The van der Waals surface area contributed by atoms with Crippen LogP contribution in [-0.4, -0.2) is 91.2 Å². The third kappa shape index (κ3) is 8.18. The van der Waals surface area contributed by atoms with Crippen LogP contribution in [0.5, 0.6) is 5.75 Å². The molecule has 14 nitrogen and oxygen atoms in total. The molecule has 0 radical (unpaired) electrons. The van der Waals surface area contributed by atoms with Gasteiger partial charge in [-0.15, -0.1) is 10.2 Å². The molecule has 1 saturated heterocycles. The highest BCUT2D eigenvalue weighted by Crippen LogP contribution is 2.33. The summed E-state index contributed by atoms with van der Waals surface area (Å²) >= 11 is 0. The minimum atomic E-state index is -3.81. The van der Waals surface area contributed by atoms with Crippen molar-refractivity contribution in [3.05, 3.63) is 72.3 Å². The number of tetrazole rings is 1. The van der Waals surface area contributed by atoms with Gasteiger partial charge in [-0.1, -0.05) is 30.3 Å². The first-order chi connectivity index (χ1) is 24.2. The number of nitrogens with zero attached hydrogens (tertiary/aromatic N) is 4. The SMILES string of the molecule is COc1ccc(-c2ccc(CC(NC(=O)C3CCC(CN)CC3)C(=O)Nc3ccc(-c4nn[nH]n4)cc3)cc2)cc1S(=O)(=O)N1CCOCC1. The van der Waals surface area contributed by atoms with E-state index in [4.69, 9.17) is 15.2 Å². The van der Waals surface area contributed by atoms with Crippen LogP contribution in [0.15, 0.2) is 71.6 Å². The van der Waals surface area contributed by atoms with Gasteiger partial charge in [0.2, 0.25) is 27.7 Å². The van der Waals surface area contributed by atoms with E-state index in [1.807, 2.05) is 30.3 Å². The van der Waals surface area contributed by atoms with E-state index in [1.165, 1.54) is 11.4 Å². The van der Waals surface area contributed by atoms with E-state index in [2.05, 4.69) is 31.3 Å². The van der Waals surface area contributed by atoms with Crippen LogP contribution in [-0.2, 0) is 30.8 Å². The van der Waals surface area contributed by atoms with Crippen molar-refractivity contribution in [3.63, 3.8) is 0 Å². The average molecular weight is 703 g/mol. The lowest BCUT2D eigenvalue weighted by atomic mass is 9.81. The fraction of sp³-hybridized carbons (Fsp3) is 0.400. The standard InChI is InChI=1S/C35H42N8O6S/c1-48-31-15-12-28(21-32(31)50(46,47)43-16-18-49-19-17-43)25-6-2-23(3-7-25)20-30(38-34(44)27-8-4-24(22-36)5-9-27)35(45)37-29-13-10-26(11-14-29)33-39-41-42-40-33/h2-3,6-7,10-15,21,24,27,30H,4-5,8-9,16-20,22,36H2,1H3,(H,37,45)(H,38,44)(H,39,40,41,42). The van der Waals surface area contributed by atoms with Crippen LogP contribution >= 0.6 is 0 Å². The number of benzene rings is 3. The van der Waals surface area contributed by atoms with E-state index in [9.17, 15) is 18.0 Å². The van der Waals surface area contributed by atoms with Crippen molar-refractivity contribution < 1.29 is 27.5 Å². The number of aromatic nitrogens is 4. The molecule has 6 rings (SSSR count). The molecule has 3 aromatic carbocycles. The van der Waals surface area contributed by atoms with Crippen LogP contribution in [0.2, 0.25) is 0 Å². The van der Waals surface area contributed by atoms with E-state index < -0.39 is 16.1 Å². The monoisotopic (exact) mass is 702 g/mol. The predicted octanol–water partition coefficient (Wildman–Crippen LogP) is 2.99. The zero-order valence-electron chi connectivity index (χ0n) is 27.9. The second-order valence-electron chi connectivity index (χ2n) is 12.6. The number of amides is 2. The van der Waals surface area contributed by atoms with Gasteiger partial charge in [0.05, 0.1) is 20.3 Å². The van der Waals surface area contributed by atoms with Gasteiger partial charge in [0, 0.05) is 36.7 Å². The molecule has 264 valence electrons. The van der Waals surface area contributed by atoms with Crippen molar-refractivity contribution in [1.29, 1.82) is 0 Å². The van der Waals surface area contributed by atoms with E-state index in [1.54, 1.807) is 36.4 Å². The van der Waals surface area contributed by atoms with Crippen LogP contribution in [0.3, 0.4) is 0 Å². The van der Waals surface area contributed by atoms with Crippen molar-refractivity contribution >= 4 is 27.5 Å². The zero-order chi connectivity index (χ0) is 35.1. The van der Waals surface area contributed by atoms with Gasteiger partial charge in [0.15, 0.2) is 0 Å². The second kappa shape index (κ2) is 15.9.